The lowest BCUT2D eigenvalue weighted by molar-refractivity contribution is 0.0565. The van der Waals surface area contributed by atoms with Crippen LogP contribution in [-0.2, 0) is 4.74 Å². The molecule has 0 amide bonds. The van der Waals surface area contributed by atoms with E-state index in [1.54, 1.807) is 48.5 Å². The summed E-state index contributed by atoms with van der Waals surface area (Å²) in [5.74, 6) is 0.417. The third-order valence-corrected chi connectivity index (χ3v) is 4.47. The molecule has 1 aromatic heterocycles. The van der Waals surface area contributed by atoms with Gasteiger partial charge < -0.3 is 19.0 Å². The molecule has 0 spiro atoms. The molecule has 1 aliphatic rings. The van der Waals surface area contributed by atoms with Gasteiger partial charge in [-0.15, -0.1) is 0 Å². The van der Waals surface area contributed by atoms with Gasteiger partial charge in [0.2, 0.25) is 5.76 Å². The summed E-state index contributed by atoms with van der Waals surface area (Å²) in [7, 11) is 1.28. The highest BCUT2D eigenvalue weighted by Crippen LogP contribution is 2.42. The molecule has 0 bridgehead atoms. The molecule has 0 fully saturated rings. The van der Waals surface area contributed by atoms with Crippen LogP contribution in [0.1, 0.15) is 39.0 Å². The molecule has 1 N–H and O–H groups in total. The number of Topliss-reactive ketones (excluding diaryl/α,β-unsaturated/α-hetero) is 1. The minimum absolute atomic E-state index is 0.0454. The summed E-state index contributed by atoms with van der Waals surface area (Å²) in [6, 6.07) is 14.9. The molecule has 4 rings (SSSR count). The molecular formula is C21H16O6. The van der Waals surface area contributed by atoms with Crippen molar-refractivity contribution in [1.82, 2.24) is 0 Å². The Kier molecular flexibility index (Phi) is 4.16. The van der Waals surface area contributed by atoms with Crippen LogP contribution in [0.25, 0.3) is 11.3 Å². The van der Waals surface area contributed by atoms with Crippen LogP contribution in [0.5, 0.6) is 11.5 Å². The second-order valence-corrected chi connectivity index (χ2v) is 6.16. The summed E-state index contributed by atoms with van der Waals surface area (Å²) in [5.41, 5.74) is 1.84. The summed E-state index contributed by atoms with van der Waals surface area (Å²) in [5, 5.41) is 9.47. The van der Waals surface area contributed by atoms with Crippen LogP contribution < -0.4 is 4.74 Å². The van der Waals surface area contributed by atoms with Gasteiger partial charge in [-0.3, -0.25) is 4.79 Å². The molecule has 0 saturated carbocycles. The van der Waals surface area contributed by atoms with Crippen molar-refractivity contribution in [2.45, 2.75) is 12.5 Å². The summed E-state index contributed by atoms with van der Waals surface area (Å²) in [6.45, 7) is 0. The van der Waals surface area contributed by atoms with E-state index in [9.17, 15) is 14.7 Å². The average Bonchev–Trinajstić information content (AvgIpc) is 3.17. The predicted octanol–water partition coefficient (Wildman–Crippen LogP) is 4.15. The van der Waals surface area contributed by atoms with Crippen molar-refractivity contribution < 1.29 is 28.6 Å². The van der Waals surface area contributed by atoms with Crippen molar-refractivity contribution in [3.05, 3.63) is 71.5 Å². The van der Waals surface area contributed by atoms with Gasteiger partial charge in [-0.05, 0) is 42.0 Å². The fourth-order valence-electron chi connectivity index (χ4n) is 3.11. The van der Waals surface area contributed by atoms with Gasteiger partial charge in [0, 0.05) is 0 Å². The Morgan fingerprint density at radius 1 is 1.07 bits per heavy atom. The maximum atomic E-state index is 12.6. The molecule has 6 nitrogen and oxygen atoms in total. The number of phenols is 1. The third-order valence-electron chi connectivity index (χ3n) is 4.47. The van der Waals surface area contributed by atoms with Gasteiger partial charge in [0.05, 0.1) is 24.7 Å². The summed E-state index contributed by atoms with van der Waals surface area (Å²) in [4.78, 5) is 24.3. The Labute approximate surface area is 155 Å². The van der Waals surface area contributed by atoms with Gasteiger partial charge in [0.1, 0.15) is 23.4 Å². The van der Waals surface area contributed by atoms with Crippen LogP contribution in [0.4, 0.5) is 0 Å². The van der Waals surface area contributed by atoms with Crippen LogP contribution in [0.3, 0.4) is 0 Å². The molecule has 2 aromatic carbocycles. The quantitative estimate of drug-likeness (QED) is 0.703. The number of hydrogen-bond acceptors (Lipinski definition) is 6. The third kappa shape index (κ3) is 3.06. The zero-order chi connectivity index (χ0) is 19.0. The fraction of sp³-hybridized carbons (Fsp3) is 0.143. The molecule has 6 heteroatoms. The highest BCUT2D eigenvalue weighted by Gasteiger charge is 2.30. The van der Waals surface area contributed by atoms with E-state index in [1.165, 1.54) is 13.2 Å². The van der Waals surface area contributed by atoms with Crippen LogP contribution in [0.15, 0.2) is 59.0 Å². The lowest BCUT2D eigenvalue weighted by Gasteiger charge is -2.27. The molecule has 136 valence electrons. The molecule has 1 unspecified atom stereocenters. The number of ether oxygens (including phenoxy) is 2. The van der Waals surface area contributed by atoms with Gasteiger partial charge in [0.15, 0.2) is 5.78 Å². The van der Waals surface area contributed by atoms with Gasteiger partial charge in [-0.25, -0.2) is 4.79 Å². The number of carbonyl (C=O) groups excluding carboxylic acids is 2. The largest absolute Gasteiger partial charge is 0.508 e. The van der Waals surface area contributed by atoms with Crippen LogP contribution >= 0.6 is 0 Å². The van der Waals surface area contributed by atoms with Crippen molar-refractivity contribution >= 4 is 11.8 Å². The van der Waals surface area contributed by atoms with Crippen LogP contribution in [-0.4, -0.2) is 24.0 Å². The number of ketones is 1. The van der Waals surface area contributed by atoms with E-state index in [4.69, 9.17) is 9.15 Å². The van der Waals surface area contributed by atoms with Crippen LogP contribution in [0.2, 0.25) is 0 Å². The number of hydrogen-bond donors (Lipinski definition) is 1. The fourth-order valence-corrected chi connectivity index (χ4v) is 3.11. The normalized spacial score (nSPS) is 15.7. The number of benzene rings is 2. The Bertz CT molecular complexity index is 1020. The van der Waals surface area contributed by atoms with E-state index < -0.39 is 12.1 Å². The number of aromatic hydroxyl groups is 1. The SMILES string of the molecule is COC(=O)c1ccc(-c2cccc3c2OC(c2ccc(O)cc2)CC3=O)o1. The van der Waals surface area contributed by atoms with E-state index in [1.807, 2.05) is 0 Å². The molecule has 1 aliphatic heterocycles. The smallest absolute Gasteiger partial charge is 0.373 e. The van der Waals surface area contributed by atoms with Crippen molar-refractivity contribution in [3.8, 4) is 22.8 Å². The Balaban J connectivity index is 1.74. The van der Waals surface area contributed by atoms with Crippen molar-refractivity contribution in [3.63, 3.8) is 0 Å². The second kappa shape index (κ2) is 6.64. The molecule has 1 atom stereocenters. The number of esters is 1. The first-order valence-electron chi connectivity index (χ1n) is 8.37. The van der Waals surface area contributed by atoms with Gasteiger partial charge in [-0.1, -0.05) is 18.2 Å². The van der Waals surface area contributed by atoms with Gasteiger partial charge in [-0.2, -0.15) is 0 Å². The van der Waals surface area contributed by atoms with Gasteiger partial charge in [0.25, 0.3) is 0 Å². The number of methoxy groups -OCH3 is 1. The molecule has 2 heterocycles. The first-order chi connectivity index (χ1) is 13.1. The van der Waals surface area contributed by atoms with Crippen molar-refractivity contribution in [1.29, 1.82) is 0 Å². The number of fused-ring (bicyclic) bond motifs is 1. The number of carbonyl (C=O) groups is 2. The number of rotatable bonds is 3. The highest BCUT2D eigenvalue weighted by molar-refractivity contribution is 6.02. The summed E-state index contributed by atoms with van der Waals surface area (Å²) in [6.07, 6.45) is -0.269. The van der Waals surface area contributed by atoms with E-state index >= 15 is 0 Å². The monoisotopic (exact) mass is 364 g/mol. The lowest BCUT2D eigenvalue weighted by atomic mass is 9.94. The highest BCUT2D eigenvalue weighted by atomic mass is 16.5. The zero-order valence-corrected chi connectivity index (χ0v) is 14.5. The topological polar surface area (TPSA) is 86.0 Å². The minimum atomic E-state index is -0.579. The van der Waals surface area contributed by atoms with E-state index in [0.29, 0.717) is 22.6 Å². The van der Waals surface area contributed by atoms with Crippen molar-refractivity contribution in [2.24, 2.45) is 0 Å². The predicted molar refractivity (Wildman–Crippen MR) is 95.9 cm³/mol. The zero-order valence-electron chi connectivity index (χ0n) is 14.5. The summed E-state index contributed by atoms with van der Waals surface area (Å²) >= 11 is 0. The first-order valence-corrected chi connectivity index (χ1v) is 8.37. The molecule has 0 aliphatic carbocycles. The molecule has 0 saturated heterocycles. The van der Waals surface area contributed by atoms with E-state index in [-0.39, 0.29) is 23.7 Å². The maximum absolute atomic E-state index is 12.6. The molecular weight excluding hydrogens is 348 g/mol. The molecule has 0 radical (unpaired) electrons. The summed E-state index contributed by atoms with van der Waals surface area (Å²) < 4.78 is 16.4. The second-order valence-electron chi connectivity index (χ2n) is 6.16. The molecule has 3 aromatic rings. The van der Waals surface area contributed by atoms with E-state index in [0.717, 1.165) is 5.56 Å². The average molecular weight is 364 g/mol. The Morgan fingerprint density at radius 3 is 2.56 bits per heavy atom. The number of para-hydroxylation sites is 1. The first kappa shape index (κ1) is 16.9. The standard InChI is InChI=1S/C21H16O6/c1-25-21(24)18-10-9-17(26-18)15-4-2-3-14-16(23)11-19(27-20(14)15)12-5-7-13(22)8-6-12/h2-10,19,22H,11H2,1H3. The molecule has 27 heavy (non-hydrogen) atoms. The Hall–Kier alpha value is -3.54. The van der Waals surface area contributed by atoms with Crippen molar-refractivity contribution in [2.75, 3.05) is 7.11 Å². The number of phenolic OH excluding ortho intramolecular Hbond substituents is 1. The van der Waals surface area contributed by atoms with E-state index in [2.05, 4.69) is 4.74 Å². The van der Waals surface area contributed by atoms with Gasteiger partial charge >= 0.3 is 5.97 Å². The lowest BCUT2D eigenvalue weighted by Crippen LogP contribution is -2.20. The maximum Gasteiger partial charge on any atom is 0.373 e. The Morgan fingerprint density at radius 2 is 1.81 bits per heavy atom. The number of furan rings is 1. The van der Waals surface area contributed by atoms with Crippen LogP contribution in [0, 0.1) is 0 Å². The minimum Gasteiger partial charge on any atom is -0.508 e.